The highest BCUT2D eigenvalue weighted by atomic mass is 79.9. The molecule has 1 unspecified atom stereocenters. The van der Waals surface area contributed by atoms with Gasteiger partial charge in [0.2, 0.25) is 0 Å². The molecule has 100 valence electrons. The zero-order valence-electron chi connectivity index (χ0n) is 11.2. The van der Waals surface area contributed by atoms with E-state index in [9.17, 15) is 0 Å². The number of hydrogen-bond donors (Lipinski definition) is 1. The molecule has 0 aliphatic heterocycles. The Morgan fingerprint density at radius 3 is 2.37 bits per heavy atom. The number of halogens is 1. The van der Waals surface area contributed by atoms with Crippen molar-refractivity contribution in [1.82, 2.24) is 0 Å². The van der Waals surface area contributed by atoms with Gasteiger partial charge in [-0.2, -0.15) is 0 Å². The van der Waals surface area contributed by atoms with Crippen LogP contribution in [0.2, 0.25) is 0 Å². The van der Waals surface area contributed by atoms with Crippen molar-refractivity contribution in [3.63, 3.8) is 0 Å². The molecule has 0 aliphatic rings. The van der Waals surface area contributed by atoms with E-state index in [0.29, 0.717) is 0 Å². The van der Waals surface area contributed by atoms with Crippen LogP contribution in [0.1, 0.15) is 22.7 Å². The zero-order chi connectivity index (χ0) is 13.8. The zero-order valence-corrected chi connectivity index (χ0v) is 13.6. The molecule has 2 rings (SSSR count). The van der Waals surface area contributed by atoms with Gasteiger partial charge >= 0.3 is 0 Å². The van der Waals surface area contributed by atoms with E-state index in [2.05, 4.69) is 66.2 Å². The average Bonchev–Trinajstić information content (AvgIpc) is 2.36. The molecule has 2 aromatic rings. The van der Waals surface area contributed by atoms with Gasteiger partial charge in [-0.3, -0.25) is 0 Å². The highest BCUT2D eigenvalue weighted by Gasteiger charge is 2.09. The van der Waals surface area contributed by atoms with E-state index >= 15 is 0 Å². The van der Waals surface area contributed by atoms with Gasteiger partial charge in [0.25, 0.3) is 0 Å². The first kappa shape index (κ1) is 14.6. The van der Waals surface area contributed by atoms with Crippen LogP contribution in [0.4, 0.5) is 0 Å². The lowest BCUT2D eigenvalue weighted by molar-refractivity contribution is 0.828. The monoisotopic (exact) mass is 335 g/mol. The Hall–Kier alpha value is -0.770. The normalized spacial score (nSPS) is 12.4. The molecule has 0 saturated heterocycles. The van der Waals surface area contributed by atoms with Gasteiger partial charge in [-0.15, -0.1) is 11.8 Å². The Balaban J connectivity index is 2.05. The van der Waals surface area contributed by atoms with Crippen LogP contribution in [-0.4, -0.2) is 5.75 Å². The number of hydrogen-bond acceptors (Lipinski definition) is 2. The fourth-order valence-electron chi connectivity index (χ4n) is 2.06. The van der Waals surface area contributed by atoms with Crippen LogP contribution >= 0.6 is 27.7 Å². The van der Waals surface area contributed by atoms with Crippen LogP contribution in [0.15, 0.2) is 51.8 Å². The summed E-state index contributed by atoms with van der Waals surface area (Å²) in [5.41, 5.74) is 10.1. The van der Waals surface area contributed by atoms with Gasteiger partial charge in [0.1, 0.15) is 0 Å². The molecule has 0 bridgehead atoms. The molecule has 1 atom stereocenters. The summed E-state index contributed by atoms with van der Waals surface area (Å²) in [4.78, 5) is 1.24. The van der Waals surface area contributed by atoms with E-state index in [1.807, 2.05) is 6.07 Å². The van der Waals surface area contributed by atoms with Crippen LogP contribution in [0.5, 0.6) is 0 Å². The lowest BCUT2D eigenvalue weighted by atomic mass is 10.0. The highest BCUT2D eigenvalue weighted by Crippen LogP contribution is 2.30. The van der Waals surface area contributed by atoms with E-state index in [-0.39, 0.29) is 6.04 Å². The van der Waals surface area contributed by atoms with Crippen LogP contribution in [-0.2, 0) is 0 Å². The number of rotatable bonds is 4. The molecule has 0 spiro atoms. The second kappa shape index (κ2) is 6.60. The maximum Gasteiger partial charge on any atom is 0.0390 e. The van der Waals surface area contributed by atoms with Crippen molar-refractivity contribution in [2.45, 2.75) is 24.8 Å². The van der Waals surface area contributed by atoms with E-state index in [1.165, 1.54) is 21.6 Å². The molecule has 0 aromatic heterocycles. The summed E-state index contributed by atoms with van der Waals surface area (Å²) in [6, 6.07) is 14.9. The second-order valence-corrected chi connectivity index (χ2v) is 6.69. The quantitative estimate of drug-likeness (QED) is 0.807. The number of thioether (sulfide) groups is 1. The van der Waals surface area contributed by atoms with Crippen molar-refractivity contribution in [1.29, 1.82) is 0 Å². The topological polar surface area (TPSA) is 26.0 Å². The average molecular weight is 336 g/mol. The van der Waals surface area contributed by atoms with Crippen molar-refractivity contribution < 1.29 is 0 Å². The molecule has 0 amide bonds. The summed E-state index contributed by atoms with van der Waals surface area (Å²) in [6.45, 7) is 4.23. The van der Waals surface area contributed by atoms with Crippen molar-refractivity contribution in [3.05, 3.63) is 63.6 Å². The summed E-state index contributed by atoms with van der Waals surface area (Å²) in [5.74, 6) is 0.880. The maximum atomic E-state index is 6.29. The standard InChI is InChI=1S/C16H18BrNS/c1-11-7-12(2)9-13(8-11)15(18)10-19-16-6-4-3-5-14(16)17/h3-9,15H,10,18H2,1-2H3. The van der Waals surface area contributed by atoms with Gasteiger partial charge < -0.3 is 5.73 Å². The minimum absolute atomic E-state index is 0.0655. The molecule has 2 aromatic carbocycles. The Bertz CT molecular complexity index is 548. The molecular weight excluding hydrogens is 318 g/mol. The fraction of sp³-hybridized carbons (Fsp3) is 0.250. The molecule has 19 heavy (non-hydrogen) atoms. The highest BCUT2D eigenvalue weighted by molar-refractivity contribution is 9.10. The molecule has 0 radical (unpaired) electrons. The summed E-state index contributed by atoms with van der Waals surface area (Å²) < 4.78 is 1.13. The van der Waals surface area contributed by atoms with Crippen LogP contribution in [0.25, 0.3) is 0 Å². The van der Waals surface area contributed by atoms with Crippen molar-refractivity contribution >= 4 is 27.7 Å². The van der Waals surface area contributed by atoms with E-state index in [0.717, 1.165) is 10.2 Å². The van der Waals surface area contributed by atoms with Crippen LogP contribution in [0, 0.1) is 13.8 Å². The predicted molar refractivity (Wildman–Crippen MR) is 87.7 cm³/mol. The molecule has 2 N–H and O–H groups in total. The van der Waals surface area contributed by atoms with Gasteiger partial charge in [0.15, 0.2) is 0 Å². The first-order valence-electron chi connectivity index (χ1n) is 6.27. The number of aryl methyl sites for hydroxylation is 2. The number of benzene rings is 2. The van der Waals surface area contributed by atoms with E-state index in [4.69, 9.17) is 5.73 Å². The summed E-state index contributed by atoms with van der Waals surface area (Å²) >= 11 is 5.35. The third-order valence-electron chi connectivity index (χ3n) is 2.93. The SMILES string of the molecule is Cc1cc(C)cc(C(N)CSc2ccccc2Br)c1. The molecule has 0 fully saturated rings. The maximum absolute atomic E-state index is 6.29. The Morgan fingerprint density at radius 2 is 1.74 bits per heavy atom. The van der Waals surface area contributed by atoms with Gasteiger partial charge in [-0.25, -0.2) is 0 Å². The van der Waals surface area contributed by atoms with Gasteiger partial charge in [-0.1, -0.05) is 41.5 Å². The fourth-order valence-corrected chi connectivity index (χ4v) is 3.62. The molecular formula is C16H18BrNS. The lowest BCUT2D eigenvalue weighted by Crippen LogP contribution is -2.13. The third-order valence-corrected chi connectivity index (χ3v) is 5.07. The first-order chi connectivity index (χ1) is 9.06. The summed E-state index contributed by atoms with van der Waals surface area (Å²) in [6.07, 6.45) is 0. The van der Waals surface area contributed by atoms with Gasteiger partial charge in [-0.05, 0) is 47.5 Å². The van der Waals surface area contributed by atoms with Crippen molar-refractivity contribution in [2.75, 3.05) is 5.75 Å². The Labute approximate surface area is 127 Å². The van der Waals surface area contributed by atoms with Crippen molar-refractivity contribution in [3.8, 4) is 0 Å². The van der Waals surface area contributed by atoms with Crippen molar-refractivity contribution in [2.24, 2.45) is 5.73 Å². The van der Waals surface area contributed by atoms with Gasteiger partial charge in [0.05, 0.1) is 0 Å². The predicted octanol–water partition coefficient (Wildman–Crippen LogP) is 4.86. The first-order valence-corrected chi connectivity index (χ1v) is 8.05. The van der Waals surface area contributed by atoms with E-state index in [1.54, 1.807) is 11.8 Å². The molecule has 0 heterocycles. The third kappa shape index (κ3) is 4.10. The summed E-state index contributed by atoms with van der Waals surface area (Å²) in [5, 5.41) is 0. The lowest BCUT2D eigenvalue weighted by Gasteiger charge is -2.14. The Morgan fingerprint density at radius 1 is 1.11 bits per heavy atom. The minimum Gasteiger partial charge on any atom is -0.323 e. The molecule has 1 nitrogen and oxygen atoms in total. The summed E-state index contributed by atoms with van der Waals surface area (Å²) in [7, 11) is 0. The molecule has 0 saturated carbocycles. The van der Waals surface area contributed by atoms with Gasteiger partial charge in [0, 0.05) is 21.2 Å². The van der Waals surface area contributed by atoms with Crippen LogP contribution < -0.4 is 5.73 Å². The Kier molecular flexibility index (Phi) is 5.08. The van der Waals surface area contributed by atoms with Crippen LogP contribution in [0.3, 0.4) is 0 Å². The smallest absolute Gasteiger partial charge is 0.0390 e. The van der Waals surface area contributed by atoms with E-state index < -0.39 is 0 Å². The number of nitrogens with two attached hydrogens (primary N) is 1. The second-order valence-electron chi connectivity index (χ2n) is 4.77. The molecule has 0 aliphatic carbocycles. The molecule has 3 heteroatoms. The minimum atomic E-state index is 0.0655. The largest absolute Gasteiger partial charge is 0.323 e.